The average molecular weight is 330 g/mol. The van der Waals surface area contributed by atoms with Gasteiger partial charge in [-0.3, -0.25) is 0 Å². The molecule has 23 heavy (non-hydrogen) atoms. The molecule has 0 unspecified atom stereocenters. The molecule has 0 saturated heterocycles. The molecule has 0 spiro atoms. The molecule has 1 aromatic heterocycles. The lowest BCUT2D eigenvalue weighted by Gasteiger charge is -2.13. The first-order valence-corrected chi connectivity index (χ1v) is 6.76. The van der Waals surface area contributed by atoms with Gasteiger partial charge in [0, 0.05) is 18.2 Å². The summed E-state index contributed by atoms with van der Waals surface area (Å²) in [6, 6.07) is 3.40. The Hall–Kier alpha value is -2.45. The quantitative estimate of drug-likeness (QED) is 0.829. The average Bonchev–Trinajstić information content (AvgIpc) is 3.25. The maximum Gasteiger partial charge on any atom is 0.433 e. The Morgan fingerprint density at radius 1 is 1.04 bits per heavy atom. The number of nitrogens with zero attached hydrogens (tertiary/aromatic N) is 2. The summed E-state index contributed by atoms with van der Waals surface area (Å²) in [7, 11) is 0. The lowest BCUT2D eigenvalue weighted by molar-refractivity contribution is -0.141. The molecule has 0 atom stereocenters. The highest BCUT2D eigenvalue weighted by atomic mass is 19.4. The van der Waals surface area contributed by atoms with Crippen LogP contribution in [0.4, 0.5) is 39.4 Å². The molecule has 0 radical (unpaired) electrons. The Morgan fingerprint density at radius 3 is 2.39 bits per heavy atom. The van der Waals surface area contributed by atoms with Gasteiger partial charge in [0.15, 0.2) is 5.69 Å². The van der Waals surface area contributed by atoms with Gasteiger partial charge < -0.3 is 10.6 Å². The van der Waals surface area contributed by atoms with E-state index in [9.17, 15) is 22.0 Å². The molecule has 1 saturated carbocycles. The summed E-state index contributed by atoms with van der Waals surface area (Å²) >= 11 is 0. The Morgan fingerprint density at radius 2 is 1.78 bits per heavy atom. The molecule has 3 rings (SSSR count). The number of rotatable bonds is 4. The molecule has 1 aromatic carbocycles. The second-order valence-electron chi connectivity index (χ2n) is 5.13. The topological polar surface area (TPSA) is 49.8 Å². The second kappa shape index (κ2) is 5.64. The molecule has 0 amide bonds. The van der Waals surface area contributed by atoms with Crippen LogP contribution < -0.4 is 10.6 Å². The van der Waals surface area contributed by atoms with Gasteiger partial charge in [-0.1, -0.05) is 0 Å². The summed E-state index contributed by atoms with van der Waals surface area (Å²) in [6.07, 6.45) is -3.01. The fraction of sp³-hybridized carbons (Fsp3) is 0.286. The van der Waals surface area contributed by atoms with Crippen molar-refractivity contribution in [3.63, 3.8) is 0 Å². The molecule has 0 aliphatic heterocycles. The van der Waals surface area contributed by atoms with Gasteiger partial charge in [0.2, 0.25) is 5.95 Å². The van der Waals surface area contributed by atoms with Crippen molar-refractivity contribution in [2.75, 3.05) is 10.6 Å². The molecule has 0 bridgehead atoms. The first kappa shape index (κ1) is 15.4. The smallest absolute Gasteiger partial charge is 0.351 e. The maximum absolute atomic E-state index is 13.6. The van der Waals surface area contributed by atoms with Gasteiger partial charge >= 0.3 is 6.18 Å². The fourth-order valence-electron chi connectivity index (χ4n) is 1.86. The SMILES string of the molecule is Fc1ccc(Nc2cc(C(F)(F)F)nc(NC3CC3)n2)c(F)c1. The van der Waals surface area contributed by atoms with E-state index in [1.165, 1.54) is 0 Å². The largest absolute Gasteiger partial charge is 0.433 e. The van der Waals surface area contributed by atoms with E-state index in [0.29, 0.717) is 12.1 Å². The van der Waals surface area contributed by atoms with Crippen LogP contribution in [-0.4, -0.2) is 16.0 Å². The molecule has 2 aromatic rings. The van der Waals surface area contributed by atoms with E-state index in [1.54, 1.807) is 0 Å². The molecular weight excluding hydrogens is 319 g/mol. The summed E-state index contributed by atoms with van der Waals surface area (Å²) in [6.45, 7) is 0. The molecule has 122 valence electrons. The molecule has 4 nitrogen and oxygen atoms in total. The summed E-state index contributed by atoms with van der Waals surface area (Å²) < 4.78 is 65.2. The maximum atomic E-state index is 13.6. The number of hydrogen-bond acceptors (Lipinski definition) is 4. The van der Waals surface area contributed by atoms with Crippen molar-refractivity contribution in [3.05, 3.63) is 41.6 Å². The zero-order valence-electron chi connectivity index (χ0n) is 11.6. The Bertz CT molecular complexity index is 728. The minimum absolute atomic E-state index is 0.0499. The Kier molecular flexibility index (Phi) is 3.78. The minimum atomic E-state index is -4.67. The highest BCUT2D eigenvalue weighted by Crippen LogP contribution is 2.32. The van der Waals surface area contributed by atoms with E-state index < -0.39 is 23.5 Å². The number of hydrogen-bond donors (Lipinski definition) is 2. The lowest BCUT2D eigenvalue weighted by Crippen LogP contribution is -2.14. The van der Waals surface area contributed by atoms with Crippen LogP contribution in [0.15, 0.2) is 24.3 Å². The van der Waals surface area contributed by atoms with E-state index in [0.717, 1.165) is 25.0 Å². The van der Waals surface area contributed by atoms with E-state index >= 15 is 0 Å². The van der Waals surface area contributed by atoms with Crippen molar-refractivity contribution in [3.8, 4) is 0 Å². The predicted molar refractivity (Wildman–Crippen MR) is 73.3 cm³/mol. The predicted octanol–water partition coefficient (Wildman–Crippen LogP) is 4.09. The van der Waals surface area contributed by atoms with Crippen LogP contribution in [0.5, 0.6) is 0 Å². The van der Waals surface area contributed by atoms with E-state index in [1.807, 2.05) is 0 Å². The number of nitrogens with one attached hydrogen (secondary N) is 2. The van der Waals surface area contributed by atoms with Crippen molar-refractivity contribution in [1.82, 2.24) is 9.97 Å². The third-order valence-electron chi connectivity index (χ3n) is 3.12. The van der Waals surface area contributed by atoms with Crippen LogP contribution in [-0.2, 0) is 6.18 Å². The summed E-state index contributed by atoms with van der Waals surface area (Å²) in [5.41, 5.74) is -1.34. The fourth-order valence-corrected chi connectivity index (χ4v) is 1.86. The zero-order chi connectivity index (χ0) is 16.6. The standard InChI is InChI=1S/C14H11F5N4/c15-7-1-4-10(9(16)5-7)21-12-6-11(14(17,18)19)22-13(23-12)20-8-2-3-8/h1,4-6,8H,2-3H2,(H2,20,21,22,23). The normalized spacial score (nSPS) is 14.7. The van der Waals surface area contributed by atoms with Gasteiger partial charge in [-0.15, -0.1) is 0 Å². The van der Waals surface area contributed by atoms with Crippen LogP contribution in [0.2, 0.25) is 0 Å². The first-order chi connectivity index (χ1) is 10.8. The number of benzene rings is 1. The highest BCUT2D eigenvalue weighted by Gasteiger charge is 2.34. The molecule has 1 heterocycles. The third kappa shape index (κ3) is 3.85. The van der Waals surface area contributed by atoms with Crippen molar-refractivity contribution in [2.24, 2.45) is 0 Å². The number of aromatic nitrogens is 2. The summed E-state index contributed by atoms with van der Waals surface area (Å²) in [4.78, 5) is 7.31. The molecule has 1 aliphatic carbocycles. The molecule has 2 N–H and O–H groups in total. The highest BCUT2D eigenvalue weighted by molar-refractivity contribution is 5.58. The van der Waals surface area contributed by atoms with Crippen LogP contribution in [0.1, 0.15) is 18.5 Å². The van der Waals surface area contributed by atoms with Gasteiger partial charge in [-0.05, 0) is 25.0 Å². The van der Waals surface area contributed by atoms with Crippen molar-refractivity contribution in [1.29, 1.82) is 0 Å². The van der Waals surface area contributed by atoms with Crippen molar-refractivity contribution in [2.45, 2.75) is 25.1 Å². The molecule has 1 fully saturated rings. The van der Waals surface area contributed by atoms with Crippen LogP contribution in [0.25, 0.3) is 0 Å². The van der Waals surface area contributed by atoms with Gasteiger partial charge in [0.25, 0.3) is 0 Å². The van der Waals surface area contributed by atoms with Gasteiger partial charge in [-0.25, -0.2) is 13.8 Å². The van der Waals surface area contributed by atoms with Gasteiger partial charge in [0.1, 0.15) is 17.5 Å². The van der Waals surface area contributed by atoms with Crippen molar-refractivity contribution < 1.29 is 22.0 Å². The Balaban J connectivity index is 1.93. The van der Waals surface area contributed by atoms with Crippen LogP contribution in [0, 0.1) is 11.6 Å². The van der Waals surface area contributed by atoms with E-state index in [-0.39, 0.29) is 23.5 Å². The van der Waals surface area contributed by atoms with E-state index in [4.69, 9.17) is 0 Å². The molecule has 1 aliphatic rings. The summed E-state index contributed by atoms with van der Waals surface area (Å²) in [5.74, 6) is -2.15. The molecule has 9 heteroatoms. The van der Waals surface area contributed by atoms with Gasteiger partial charge in [-0.2, -0.15) is 18.2 Å². The monoisotopic (exact) mass is 330 g/mol. The van der Waals surface area contributed by atoms with Crippen molar-refractivity contribution >= 4 is 17.5 Å². The second-order valence-corrected chi connectivity index (χ2v) is 5.13. The first-order valence-electron chi connectivity index (χ1n) is 6.76. The zero-order valence-corrected chi connectivity index (χ0v) is 11.6. The molecular formula is C14H11F5N4. The lowest BCUT2D eigenvalue weighted by atomic mass is 10.3. The van der Waals surface area contributed by atoms with Crippen LogP contribution in [0.3, 0.4) is 0 Å². The van der Waals surface area contributed by atoms with E-state index in [2.05, 4.69) is 20.6 Å². The van der Waals surface area contributed by atoms with Gasteiger partial charge in [0.05, 0.1) is 5.69 Å². The Labute approximate surface area is 127 Å². The minimum Gasteiger partial charge on any atom is -0.351 e. The number of anilines is 3. The number of alkyl halides is 3. The number of halogens is 5. The summed E-state index contributed by atoms with van der Waals surface area (Å²) in [5, 5.41) is 5.18. The third-order valence-corrected chi connectivity index (χ3v) is 3.12. The van der Waals surface area contributed by atoms with Crippen LogP contribution >= 0.6 is 0 Å².